The van der Waals surface area contributed by atoms with Crippen molar-refractivity contribution < 1.29 is 4.79 Å². The minimum Gasteiger partial charge on any atom is -0.349 e. The molecule has 0 unspecified atom stereocenters. The van der Waals surface area contributed by atoms with Crippen molar-refractivity contribution in [2.45, 2.75) is 53.6 Å². The maximum Gasteiger partial charge on any atom is 0.224 e. The van der Waals surface area contributed by atoms with Crippen LogP contribution >= 0.6 is 0 Å². The number of nitrogens with zero attached hydrogens (tertiary/aromatic N) is 2. The Morgan fingerprint density at radius 2 is 2.17 bits per heavy atom. The lowest BCUT2D eigenvalue weighted by Gasteiger charge is -2.14. The lowest BCUT2D eigenvalue weighted by atomic mass is 10.1. The van der Waals surface area contributed by atoms with Crippen LogP contribution in [0.1, 0.15) is 50.2 Å². The average Bonchev–Trinajstić information content (AvgIpc) is 2.61. The molecule has 0 bridgehead atoms. The number of allylic oxidation sites excluding steroid dienone is 1. The minimum atomic E-state index is 0.00283. The molecule has 18 heavy (non-hydrogen) atoms. The van der Waals surface area contributed by atoms with Gasteiger partial charge in [-0.3, -0.25) is 9.48 Å². The van der Waals surface area contributed by atoms with Crippen molar-refractivity contribution in [1.29, 1.82) is 0 Å². The highest BCUT2D eigenvalue weighted by Crippen LogP contribution is 2.21. The lowest BCUT2D eigenvalue weighted by molar-refractivity contribution is -0.120. The van der Waals surface area contributed by atoms with Crippen molar-refractivity contribution in [2.24, 2.45) is 0 Å². The normalized spacial score (nSPS) is 12.9. The van der Waals surface area contributed by atoms with Gasteiger partial charge in [-0.25, -0.2) is 0 Å². The van der Waals surface area contributed by atoms with E-state index >= 15 is 0 Å². The zero-order valence-corrected chi connectivity index (χ0v) is 11.9. The molecule has 4 nitrogen and oxygen atoms in total. The van der Waals surface area contributed by atoms with Gasteiger partial charge in [-0.2, -0.15) is 5.10 Å². The Hall–Kier alpha value is -1.58. The van der Waals surface area contributed by atoms with Gasteiger partial charge in [0.05, 0.1) is 11.7 Å². The van der Waals surface area contributed by atoms with E-state index in [0.29, 0.717) is 6.42 Å². The minimum absolute atomic E-state index is 0.00283. The second kappa shape index (κ2) is 6.38. The van der Waals surface area contributed by atoms with Gasteiger partial charge in [0, 0.05) is 24.2 Å². The summed E-state index contributed by atoms with van der Waals surface area (Å²) in [5.74, 6) is 0.0450. The van der Waals surface area contributed by atoms with Crippen LogP contribution in [-0.4, -0.2) is 15.7 Å². The lowest BCUT2D eigenvalue weighted by Crippen LogP contribution is -2.26. The Morgan fingerprint density at radius 3 is 2.67 bits per heavy atom. The highest BCUT2D eigenvalue weighted by molar-refractivity contribution is 5.77. The zero-order chi connectivity index (χ0) is 13.7. The molecule has 0 aliphatic carbocycles. The number of hydrogen-bond acceptors (Lipinski definition) is 2. The molecule has 0 fully saturated rings. The Balaban J connectivity index is 2.81. The number of aromatic nitrogens is 2. The van der Waals surface area contributed by atoms with Crippen molar-refractivity contribution in [3.05, 3.63) is 29.1 Å². The van der Waals surface area contributed by atoms with Gasteiger partial charge >= 0.3 is 0 Å². The Labute approximate surface area is 109 Å². The molecule has 4 heteroatoms. The molecule has 1 heterocycles. The highest BCUT2D eigenvalue weighted by atomic mass is 16.1. The molecule has 0 spiro atoms. The topological polar surface area (TPSA) is 46.9 Å². The largest absolute Gasteiger partial charge is 0.349 e. The first-order chi connectivity index (χ1) is 8.51. The molecular weight excluding hydrogens is 226 g/mol. The molecule has 1 N–H and O–H groups in total. The summed E-state index contributed by atoms with van der Waals surface area (Å²) >= 11 is 0. The Morgan fingerprint density at radius 1 is 1.50 bits per heavy atom. The first kappa shape index (κ1) is 14.5. The first-order valence-electron chi connectivity index (χ1n) is 6.45. The number of aryl methyl sites for hydroxylation is 2. The van der Waals surface area contributed by atoms with Crippen LogP contribution in [0.2, 0.25) is 0 Å². The van der Waals surface area contributed by atoms with Crippen LogP contribution in [0.4, 0.5) is 0 Å². The number of carbonyl (C=O) groups excluding carboxylic acids is 1. The summed E-state index contributed by atoms with van der Waals surface area (Å²) in [4.78, 5) is 11.7. The summed E-state index contributed by atoms with van der Waals surface area (Å²) in [6.45, 7) is 10.9. The van der Waals surface area contributed by atoms with E-state index in [4.69, 9.17) is 0 Å². The number of rotatable bonds is 5. The molecule has 0 saturated carbocycles. The molecule has 1 atom stereocenters. The van der Waals surface area contributed by atoms with Gasteiger partial charge in [-0.1, -0.05) is 12.2 Å². The SMILES string of the molecule is C/C=C/CC(=O)N[C@H](C)c1c(C)nn(CC)c1C. The Bertz CT molecular complexity index is 446. The number of nitrogens with one attached hydrogen (secondary N) is 1. The van der Waals surface area contributed by atoms with Crippen LogP contribution in [0.15, 0.2) is 12.2 Å². The van der Waals surface area contributed by atoms with E-state index in [1.54, 1.807) is 0 Å². The second-order valence-electron chi connectivity index (χ2n) is 4.46. The van der Waals surface area contributed by atoms with Crippen molar-refractivity contribution in [3.63, 3.8) is 0 Å². The molecule has 0 aliphatic rings. The standard InChI is InChI=1S/C14H23N3O/c1-6-8-9-13(18)15-10(3)14-11(4)16-17(7-2)12(14)5/h6,8,10H,7,9H2,1-5H3,(H,15,18)/b8-6+/t10-/m1/s1. The smallest absolute Gasteiger partial charge is 0.224 e. The van der Waals surface area contributed by atoms with E-state index in [2.05, 4.69) is 17.3 Å². The number of carbonyl (C=O) groups is 1. The summed E-state index contributed by atoms with van der Waals surface area (Å²) in [6.07, 6.45) is 4.17. The molecule has 0 aromatic carbocycles. The fourth-order valence-electron chi connectivity index (χ4n) is 2.24. The van der Waals surface area contributed by atoms with Crippen molar-refractivity contribution in [1.82, 2.24) is 15.1 Å². The Kier molecular flexibility index (Phi) is 5.13. The number of hydrogen-bond donors (Lipinski definition) is 1. The molecule has 0 radical (unpaired) electrons. The van der Waals surface area contributed by atoms with Crippen LogP contribution in [0.25, 0.3) is 0 Å². The van der Waals surface area contributed by atoms with Gasteiger partial charge < -0.3 is 5.32 Å². The van der Waals surface area contributed by atoms with Gasteiger partial charge in [-0.15, -0.1) is 0 Å². The van der Waals surface area contributed by atoms with E-state index < -0.39 is 0 Å². The predicted octanol–water partition coefficient (Wildman–Crippen LogP) is 2.66. The van der Waals surface area contributed by atoms with Gasteiger partial charge in [0.2, 0.25) is 5.91 Å². The van der Waals surface area contributed by atoms with Crippen LogP contribution in [0, 0.1) is 13.8 Å². The van der Waals surface area contributed by atoms with Crippen molar-refractivity contribution >= 4 is 5.91 Å². The quantitative estimate of drug-likeness (QED) is 0.815. The van der Waals surface area contributed by atoms with Gasteiger partial charge in [0.1, 0.15) is 0 Å². The summed E-state index contributed by atoms with van der Waals surface area (Å²) in [5.41, 5.74) is 3.26. The molecule has 1 rings (SSSR count). The average molecular weight is 249 g/mol. The zero-order valence-electron chi connectivity index (χ0n) is 11.9. The molecule has 100 valence electrons. The van der Waals surface area contributed by atoms with E-state index in [-0.39, 0.29) is 11.9 Å². The molecule has 0 aliphatic heterocycles. The third-order valence-electron chi connectivity index (χ3n) is 3.09. The van der Waals surface area contributed by atoms with Crippen molar-refractivity contribution in [3.8, 4) is 0 Å². The number of amides is 1. The summed E-state index contributed by atoms with van der Waals surface area (Å²) in [6, 6.07) is 0.00283. The van der Waals surface area contributed by atoms with E-state index in [1.807, 2.05) is 44.5 Å². The van der Waals surface area contributed by atoms with E-state index in [1.165, 1.54) is 0 Å². The summed E-state index contributed by atoms with van der Waals surface area (Å²) in [7, 11) is 0. The van der Waals surface area contributed by atoms with Crippen LogP contribution < -0.4 is 5.32 Å². The van der Waals surface area contributed by atoms with Gasteiger partial charge in [-0.05, 0) is 34.6 Å². The van der Waals surface area contributed by atoms with Gasteiger partial charge in [0.15, 0.2) is 0 Å². The summed E-state index contributed by atoms with van der Waals surface area (Å²) in [5, 5.41) is 7.48. The third kappa shape index (κ3) is 3.22. The highest BCUT2D eigenvalue weighted by Gasteiger charge is 2.18. The molecular formula is C14H23N3O. The maximum atomic E-state index is 11.7. The van der Waals surface area contributed by atoms with Crippen LogP contribution in [-0.2, 0) is 11.3 Å². The molecule has 0 saturated heterocycles. The third-order valence-corrected chi connectivity index (χ3v) is 3.09. The predicted molar refractivity (Wildman–Crippen MR) is 73.4 cm³/mol. The van der Waals surface area contributed by atoms with E-state index in [0.717, 1.165) is 23.5 Å². The maximum absolute atomic E-state index is 11.7. The molecule has 1 aromatic heterocycles. The second-order valence-corrected chi connectivity index (χ2v) is 4.46. The fraction of sp³-hybridized carbons (Fsp3) is 0.571. The summed E-state index contributed by atoms with van der Waals surface area (Å²) < 4.78 is 1.97. The van der Waals surface area contributed by atoms with E-state index in [9.17, 15) is 4.79 Å². The van der Waals surface area contributed by atoms with Crippen LogP contribution in [0.5, 0.6) is 0 Å². The molecule has 1 aromatic rings. The van der Waals surface area contributed by atoms with Gasteiger partial charge in [0.25, 0.3) is 0 Å². The first-order valence-corrected chi connectivity index (χ1v) is 6.45. The fourth-order valence-corrected chi connectivity index (χ4v) is 2.24. The van der Waals surface area contributed by atoms with Crippen LogP contribution in [0.3, 0.4) is 0 Å². The van der Waals surface area contributed by atoms with Crippen molar-refractivity contribution in [2.75, 3.05) is 0 Å². The molecule has 1 amide bonds. The monoisotopic (exact) mass is 249 g/mol.